The van der Waals surface area contributed by atoms with E-state index in [9.17, 15) is 9.18 Å². The summed E-state index contributed by atoms with van der Waals surface area (Å²) in [6.07, 6.45) is 1.74. The molecule has 1 aromatic heterocycles. The zero-order valence-corrected chi connectivity index (χ0v) is 14.5. The minimum Gasteiger partial charge on any atom is -0.444 e. The molecule has 0 aliphatic carbocycles. The van der Waals surface area contributed by atoms with Gasteiger partial charge in [0.2, 0.25) is 5.89 Å². The number of carbonyl (C=O) groups is 1. The van der Waals surface area contributed by atoms with E-state index in [1.165, 1.54) is 24.3 Å². The van der Waals surface area contributed by atoms with Gasteiger partial charge in [0.25, 0.3) is 0 Å². The summed E-state index contributed by atoms with van der Waals surface area (Å²) in [5, 5.41) is 5.69. The van der Waals surface area contributed by atoms with Gasteiger partial charge in [-0.2, -0.15) is 0 Å². The van der Waals surface area contributed by atoms with Gasteiger partial charge in [0.15, 0.2) is 0 Å². The Morgan fingerprint density at radius 1 is 1.28 bits per heavy atom. The van der Waals surface area contributed by atoms with Crippen LogP contribution in [0.1, 0.15) is 30.2 Å². The van der Waals surface area contributed by atoms with Crippen LogP contribution in [0.15, 0.2) is 28.7 Å². The standard InChI is InChI=1S/C18H23FN4O2/c1-12-13(2)25-17(20-12)11-23-9-7-16(8-10-23)22-18(24)21-15-5-3-14(19)4-6-15/h3-6,16H,7-11H2,1-2H3,(H2,21,22,24). The number of nitrogens with one attached hydrogen (secondary N) is 2. The third-order valence-electron chi connectivity index (χ3n) is 4.46. The Hall–Kier alpha value is -2.41. The van der Waals surface area contributed by atoms with Gasteiger partial charge < -0.3 is 15.1 Å². The van der Waals surface area contributed by atoms with Crippen molar-refractivity contribution in [2.45, 2.75) is 39.3 Å². The number of aryl methyl sites for hydroxylation is 2. The third kappa shape index (κ3) is 4.79. The number of hydrogen-bond acceptors (Lipinski definition) is 4. The molecule has 2 N–H and O–H groups in total. The molecule has 3 rings (SSSR count). The molecule has 1 saturated heterocycles. The molecule has 0 radical (unpaired) electrons. The molecule has 2 aromatic rings. The SMILES string of the molecule is Cc1nc(CN2CCC(NC(=O)Nc3ccc(F)cc3)CC2)oc1C. The molecular formula is C18H23FN4O2. The third-order valence-corrected chi connectivity index (χ3v) is 4.46. The number of anilines is 1. The van der Waals surface area contributed by atoms with E-state index in [0.29, 0.717) is 12.2 Å². The predicted octanol–water partition coefficient (Wildman–Crippen LogP) is 3.22. The van der Waals surface area contributed by atoms with Crippen LogP contribution in [0.2, 0.25) is 0 Å². The summed E-state index contributed by atoms with van der Waals surface area (Å²) in [5.74, 6) is 1.29. The highest BCUT2D eigenvalue weighted by Crippen LogP contribution is 2.16. The van der Waals surface area contributed by atoms with Crippen molar-refractivity contribution in [2.24, 2.45) is 0 Å². The lowest BCUT2D eigenvalue weighted by atomic mass is 10.1. The number of oxazole rings is 1. The van der Waals surface area contributed by atoms with Crippen molar-refractivity contribution >= 4 is 11.7 Å². The van der Waals surface area contributed by atoms with E-state index in [-0.39, 0.29) is 17.9 Å². The summed E-state index contributed by atoms with van der Waals surface area (Å²) in [6.45, 7) is 6.31. The molecule has 1 aromatic carbocycles. The number of nitrogens with zero attached hydrogens (tertiary/aromatic N) is 2. The first-order valence-corrected chi connectivity index (χ1v) is 8.48. The van der Waals surface area contributed by atoms with Crippen molar-refractivity contribution in [3.8, 4) is 0 Å². The molecule has 1 aliphatic heterocycles. The van der Waals surface area contributed by atoms with E-state index in [1.807, 2.05) is 13.8 Å². The average molecular weight is 346 g/mol. The van der Waals surface area contributed by atoms with Crippen LogP contribution in [-0.2, 0) is 6.54 Å². The van der Waals surface area contributed by atoms with Crippen LogP contribution in [0.5, 0.6) is 0 Å². The Labute approximate surface area is 146 Å². The van der Waals surface area contributed by atoms with Gasteiger partial charge in [0.1, 0.15) is 11.6 Å². The van der Waals surface area contributed by atoms with Crippen molar-refractivity contribution in [1.82, 2.24) is 15.2 Å². The van der Waals surface area contributed by atoms with Gasteiger partial charge in [-0.05, 0) is 51.0 Å². The topological polar surface area (TPSA) is 70.4 Å². The van der Waals surface area contributed by atoms with Crippen molar-refractivity contribution in [1.29, 1.82) is 0 Å². The first kappa shape index (κ1) is 17.4. The monoisotopic (exact) mass is 346 g/mol. The van der Waals surface area contributed by atoms with Crippen LogP contribution in [0.4, 0.5) is 14.9 Å². The molecule has 0 atom stereocenters. The summed E-state index contributed by atoms with van der Waals surface area (Å²) in [7, 11) is 0. The molecule has 1 fully saturated rings. The van der Waals surface area contributed by atoms with E-state index in [4.69, 9.17) is 4.42 Å². The number of benzene rings is 1. The minimum absolute atomic E-state index is 0.129. The summed E-state index contributed by atoms with van der Waals surface area (Å²) < 4.78 is 18.5. The van der Waals surface area contributed by atoms with Crippen molar-refractivity contribution in [3.63, 3.8) is 0 Å². The van der Waals surface area contributed by atoms with Gasteiger partial charge in [0, 0.05) is 24.8 Å². The summed E-state index contributed by atoms with van der Waals surface area (Å²) in [6, 6.07) is 5.59. The smallest absolute Gasteiger partial charge is 0.319 e. The molecule has 0 unspecified atom stereocenters. The maximum absolute atomic E-state index is 12.9. The van der Waals surface area contributed by atoms with Crippen LogP contribution in [0.3, 0.4) is 0 Å². The number of likely N-dealkylation sites (tertiary alicyclic amines) is 1. The molecule has 2 amide bonds. The van der Waals surface area contributed by atoms with Crippen molar-refractivity contribution in [3.05, 3.63) is 47.4 Å². The molecule has 0 bridgehead atoms. The summed E-state index contributed by atoms with van der Waals surface area (Å²) in [4.78, 5) is 18.7. The Balaban J connectivity index is 1.42. The minimum atomic E-state index is -0.324. The van der Waals surface area contributed by atoms with Gasteiger partial charge in [0.05, 0.1) is 12.2 Å². The number of piperidine rings is 1. The highest BCUT2D eigenvalue weighted by molar-refractivity contribution is 5.89. The summed E-state index contributed by atoms with van der Waals surface area (Å²) in [5.41, 5.74) is 1.51. The fourth-order valence-electron chi connectivity index (χ4n) is 2.92. The van der Waals surface area contributed by atoms with Crippen LogP contribution < -0.4 is 10.6 Å². The quantitative estimate of drug-likeness (QED) is 0.892. The van der Waals surface area contributed by atoms with Crippen LogP contribution >= 0.6 is 0 Å². The van der Waals surface area contributed by atoms with E-state index < -0.39 is 0 Å². The maximum Gasteiger partial charge on any atom is 0.319 e. The fraction of sp³-hybridized carbons (Fsp3) is 0.444. The number of amides is 2. The normalized spacial score (nSPS) is 16.0. The first-order valence-electron chi connectivity index (χ1n) is 8.48. The van der Waals surface area contributed by atoms with Crippen LogP contribution in [0.25, 0.3) is 0 Å². The van der Waals surface area contributed by atoms with Gasteiger partial charge in [-0.25, -0.2) is 14.2 Å². The molecule has 0 saturated carbocycles. The second-order valence-electron chi connectivity index (χ2n) is 6.40. The number of carbonyl (C=O) groups excluding carboxylic acids is 1. The molecule has 7 heteroatoms. The second kappa shape index (κ2) is 7.65. The summed E-state index contributed by atoms with van der Waals surface area (Å²) >= 11 is 0. The lowest BCUT2D eigenvalue weighted by Gasteiger charge is -2.31. The van der Waals surface area contributed by atoms with Crippen LogP contribution in [0, 0.1) is 19.7 Å². The van der Waals surface area contributed by atoms with E-state index >= 15 is 0 Å². The van der Waals surface area contributed by atoms with Crippen molar-refractivity contribution in [2.75, 3.05) is 18.4 Å². The van der Waals surface area contributed by atoms with Gasteiger partial charge in [-0.15, -0.1) is 0 Å². The zero-order valence-electron chi connectivity index (χ0n) is 14.5. The Morgan fingerprint density at radius 2 is 1.96 bits per heavy atom. The maximum atomic E-state index is 12.9. The van der Waals surface area contributed by atoms with Crippen molar-refractivity contribution < 1.29 is 13.6 Å². The number of halogens is 1. The van der Waals surface area contributed by atoms with Gasteiger partial charge >= 0.3 is 6.03 Å². The number of aromatic nitrogens is 1. The molecule has 0 spiro atoms. The number of hydrogen-bond donors (Lipinski definition) is 2. The van der Waals surface area contributed by atoms with E-state index in [1.54, 1.807) is 0 Å². The molecule has 6 nitrogen and oxygen atoms in total. The molecular weight excluding hydrogens is 323 g/mol. The lowest BCUT2D eigenvalue weighted by molar-refractivity contribution is 0.176. The number of rotatable bonds is 4. The van der Waals surface area contributed by atoms with E-state index in [0.717, 1.165) is 43.3 Å². The fourth-order valence-corrected chi connectivity index (χ4v) is 2.92. The Bertz CT molecular complexity index is 702. The highest BCUT2D eigenvalue weighted by atomic mass is 19.1. The lowest BCUT2D eigenvalue weighted by Crippen LogP contribution is -2.45. The van der Waals surface area contributed by atoms with Gasteiger partial charge in [-0.3, -0.25) is 4.90 Å². The Morgan fingerprint density at radius 3 is 2.56 bits per heavy atom. The second-order valence-corrected chi connectivity index (χ2v) is 6.40. The predicted molar refractivity (Wildman–Crippen MR) is 92.8 cm³/mol. The van der Waals surface area contributed by atoms with E-state index in [2.05, 4.69) is 20.5 Å². The van der Waals surface area contributed by atoms with Crippen LogP contribution in [-0.4, -0.2) is 35.0 Å². The highest BCUT2D eigenvalue weighted by Gasteiger charge is 2.22. The average Bonchev–Trinajstić information content (AvgIpc) is 2.89. The molecule has 25 heavy (non-hydrogen) atoms. The molecule has 2 heterocycles. The molecule has 134 valence electrons. The van der Waals surface area contributed by atoms with Gasteiger partial charge in [-0.1, -0.05) is 0 Å². The largest absolute Gasteiger partial charge is 0.444 e. The first-order chi connectivity index (χ1) is 12.0. The molecule has 1 aliphatic rings. The number of urea groups is 1. The Kier molecular flexibility index (Phi) is 5.33. The zero-order chi connectivity index (χ0) is 17.8.